The SMILES string of the molecule is CNCC(C)CN(C)C1CCCCC1. The molecule has 84 valence electrons. The van der Waals surface area contributed by atoms with Crippen molar-refractivity contribution in [3.05, 3.63) is 0 Å². The Hall–Kier alpha value is -0.0800. The van der Waals surface area contributed by atoms with Crippen LogP contribution in [-0.4, -0.2) is 38.1 Å². The molecular weight excluding hydrogens is 172 g/mol. The third-order valence-corrected chi connectivity index (χ3v) is 3.35. The van der Waals surface area contributed by atoms with Crippen molar-refractivity contribution in [1.82, 2.24) is 10.2 Å². The fraction of sp³-hybridized carbons (Fsp3) is 1.00. The normalized spacial score (nSPS) is 21.4. The molecule has 14 heavy (non-hydrogen) atoms. The molecule has 0 amide bonds. The lowest BCUT2D eigenvalue weighted by Crippen LogP contribution is -2.38. The minimum Gasteiger partial charge on any atom is -0.319 e. The number of nitrogens with one attached hydrogen (secondary N) is 1. The second kappa shape index (κ2) is 6.41. The van der Waals surface area contributed by atoms with Gasteiger partial charge in [0.15, 0.2) is 0 Å². The predicted molar refractivity (Wildman–Crippen MR) is 62.6 cm³/mol. The number of hydrogen-bond donors (Lipinski definition) is 1. The Morgan fingerprint density at radius 3 is 2.50 bits per heavy atom. The van der Waals surface area contributed by atoms with Crippen LogP contribution in [0.2, 0.25) is 0 Å². The fourth-order valence-corrected chi connectivity index (χ4v) is 2.58. The topological polar surface area (TPSA) is 15.3 Å². The van der Waals surface area contributed by atoms with E-state index in [4.69, 9.17) is 0 Å². The van der Waals surface area contributed by atoms with Crippen LogP contribution in [0.5, 0.6) is 0 Å². The lowest BCUT2D eigenvalue weighted by Gasteiger charge is -2.32. The van der Waals surface area contributed by atoms with Crippen LogP contribution in [-0.2, 0) is 0 Å². The summed E-state index contributed by atoms with van der Waals surface area (Å²) in [7, 11) is 4.33. The molecule has 0 heterocycles. The summed E-state index contributed by atoms with van der Waals surface area (Å²) in [6.07, 6.45) is 7.17. The summed E-state index contributed by atoms with van der Waals surface area (Å²) in [5.41, 5.74) is 0. The average molecular weight is 198 g/mol. The summed E-state index contributed by atoms with van der Waals surface area (Å²) in [6.45, 7) is 4.71. The van der Waals surface area contributed by atoms with Gasteiger partial charge in [-0.1, -0.05) is 26.2 Å². The molecule has 1 N–H and O–H groups in total. The summed E-state index contributed by atoms with van der Waals surface area (Å²) < 4.78 is 0. The van der Waals surface area contributed by atoms with Crippen molar-refractivity contribution >= 4 is 0 Å². The zero-order valence-electron chi connectivity index (χ0n) is 10.1. The highest BCUT2D eigenvalue weighted by Crippen LogP contribution is 2.21. The first kappa shape index (κ1) is 12.0. The molecule has 0 aromatic heterocycles. The van der Waals surface area contributed by atoms with E-state index in [2.05, 4.69) is 24.2 Å². The second-order valence-corrected chi connectivity index (χ2v) is 4.89. The molecule has 1 aliphatic carbocycles. The first-order chi connectivity index (χ1) is 6.74. The van der Waals surface area contributed by atoms with Gasteiger partial charge in [0.2, 0.25) is 0 Å². The maximum Gasteiger partial charge on any atom is 0.00923 e. The molecular formula is C12H26N2. The van der Waals surface area contributed by atoms with E-state index in [1.165, 1.54) is 38.6 Å². The van der Waals surface area contributed by atoms with Crippen molar-refractivity contribution < 1.29 is 0 Å². The Morgan fingerprint density at radius 1 is 1.29 bits per heavy atom. The summed E-state index contributed by atoms with van der Waals surface area (Å²) in [5, 5.41) is 3.25. The molecule has 0 aromatic rings. The van der Waals surface area contributed by atoms with E-state index in [1.807, 2.05) is 7.05 Å². The lowest BCUT2D eigenvalue weighted by atomic mass is 9.94. The molecule has 0 aromatic carbocycles. The molecule has 1 atom stereocenters. The van der Waals surface area contributed by atoms with Gasteiger partial charge in [-0.2, -0.15) is 0 Å². The van der Waals surface area contributed by atoms with Gasteiger partial charge in [-0.25, -0.2) is 0 Å². The quantitative estimate of drug-likeness (QED) is 0.728. The molecule has 1 aliphatic rings. The Kier molecular flexibility index (Phi) is 5.49. The van der Waals surface area contributed by atoms with Crippen LogP contribution in [0.1, 0.15) is 39.0 Å². The number of hydrogen-bond acceptors (Lipinski definition) is 2. The monoisotopic (exact) mass is 198 g/mol. The first-order valence-corrected chi connectivity index (χ1v) is 6.09. The van der Waals surface area contributed by atoms with Crippen LogP contribution >= 0.6 is 0 Å². The molecule has 0 saturated heterocycles. The van der Waals surface area contributed by atoms with Crippen molar-refractivity contribution in [3.63, 3.8) is 0 Å². The summed E-state index contributed by atoms with van der Waals surface area (Å²) >= 11 is 0. The summed E-state index contributed by atoms with van der Waals surface area (Å²) in [5.74, 6) is 0.770. The van der Waals surface area contributed by atoms with Crippen LogP contribution in [0.4, 0.5) is 0 Å². The van der Waals surface area contributed by atoms with Crippen molar-refractivity contribution in [1.29, 1.82) is 0 Å². The van der Waals surface area contributed by atoms with Gasteiger partial charge in [0.1, 0.15) is 0 Å². The first-order valence-electron chi connectivity index (χ1n) is 6.09. The Balaban J connectivity index is 2.21. The van der Waals surface area contributed by atoms with Crippen LogP contribution < -0.4 is 5.32 Å². The minimum absolute atomic E-state index is 0.770. The van der Waals surface area contributed by atoms with Gasteiger partial charge in [0, 0.05) is 12.6 Å². The van der Waals surface area contributed by atoms with E-state index in [0.29, 0.717) is 0 Å². The van der Waals surface area contributed by atoms with Crippen molar-refractivity contribution in [2.24, 2.45) is 5.92 Å². The van der Waals surface area contributed by atoms with Gasteiger partial charge in [0.25, 0.3) is 0 Å². The third-order valence-electron chi connectivity index (χ3n) is 3.35. The van der Waals surface area contributed by atoms with E-state index < -0.39 is 0 Å². The van der Waals surface area contributed by atoms with Gasteiger partial charge in [0.05, 0.1) is 0 Å². The molecule has 1 saturated carbocycles. The number of nitrogens with zero attached hydrogens (tertiary/aromatic N) is 1. The van der Waals surface area contributed by atoms with Crippen LogP contribution in [0.25, 0.3) is 0 Å². The molecule has 0 aliphatic heterocycles. The molecule has 1 unspecified atom stereocenters. The smallest absolute Gasteiger partial charge is 0.00923 e. The second-order valence-electron chi connectivity index (χ2n) is 4.89. The molecule has 2 heteroatoms. The van der Waals surface area contributed by atoms with Crippen molar-refractivity contribution in [2.45, 2.75) is 45.1 Å². The summed E-state index contributed by atoms with van der Waals surface area (Å²) in [4.78, 5) is 2.57. The molecule has 0 radical (unpaired) electrons. The van der Waals surface area contributed by atoms with Gasteiger partial charge >= 0.3 is 0 Å². The molecule has 1 rings (SSSR count). The van der Waals surface area contributed by atoms with Crippen LogP contribution in [0.3, 0.4) is 0 Å². The highest BCUT2D eigenvalue weighted by Gasteiger charge is 2.18. The molecule has 0 spiro atoms. The van der Waals surface area contributed by atoms with Crippen LogP contribution in [0.15, 0.2) is 0 Å². The molecule has 2 nitrogen and oxygen atoms in total. The number of rotatable bonds is 5. The minimum atomic E-state index is 0.770. The Morgan fingerprint density at radius 2 is 1.93 bits per heavy atom. The maximum atomic E-state index is 3.25. The standard InChI is InChI=1S/C12H26N2/c1-11(9-13-2)10-14(3)12-7-5-4-6-8-12/h11-13H,4-10H2,1-3H3. The Labute approximate surface area is 89.1 Å². The third kappa shape index (κ3) is 3.97. The van der Waals surface area contributed by atoms with Gasteiger partial charge < -0.3 is 10.2 Å². The maximum absolute atomic E-state index is 3.25. The van der Waals surface area contributed by atoms with Gasteiger partial charge in [-0.15, -0.1) is 0 Å². The van der Waals surface area contributed by atoms with Crippen LogP contribution in [0, 0.1) is 5.92 Å². The highest BCUT2D eigenvalue weighted by atomic mass is 15.1. The van der Waals surface area contributed by atoms with E-state index in [-0.39, 0.29) is 0 Å². The fourth-order valence-electron chi connectivity index (χ4n) is 2.58. The lowest BCUT2D eigenvalue weighted by molar-refractivity contribution is 0.170. The van der Waals surface area contributed by atoms with E-state index >= 15 is 0 Å². The Bertz CT molecular complexity index is 141. The average Bonchev–Trinajstić information content (AvgIpc) is 2.19. The predicted octanol–water partition coefficient (Wildman–Crippen LogP) is 2.11. The summed E-state index contributed by atoms with van der Waals surface area (Å²) in [6, 6.07) is 0.864. The van der Waals surface area contributed by atoms with Gasteiger partial charge in [-0.3, -0.25) is 0 Å². The zero-order chi connectivity index (χ0) is 10.4. The van der Waals surface area contributed by atoms with Gasteiger partial charge in [-0.05, 0) is 39.4 Å². The largest absolute Gasteiger partial charge is 0.319 e. The zero-order valence-corrected chi connectivity index (χ0v) is 10.1. The molecule has 0 bridgehead atoms. The molecule has 1 fully saturated rings. The van der Waals surface area contributed by atoms with E-state index in [9.17, 15) is 0 Å². The highest BCUT2D eigenvalue weighted by molar-refractivity contribution is 4.74. The van der Waals surface area contributed by atoms with E-state index in [0.717, 1.165) is 18.5 Å². The van der Waals surface area contributed by atoms with Crippen molar-refractivity contribution in [3.8, 4) is 0 Å². The van der Waals surface area contributed by atoms with E-state index in [1.54, 1.807) is 0 Å². The van der Waals surface area contributed by atoms with Crippen molar-refractivity contribution in [2.75, 3.05) is 27.2 Å².